The van der Waals surface area contributed by atoms with Crippen LogP contribution in [0.15, 0.2) is 17.7 Å². The van der Waals surface area contributed by atoms with Gasteiger partial charge in [0.2, 0.25) is 5.75 Å². The minimum atomic E-state index is -0.514. The fourth-order valence-corrected chi connectivity index (χ4v) is 1.48. The lowest BCUT2D eigenvalue weighted by atomic mass is 10.1. The summed E-state index contributed by atoms with van der Waals surface area (Å²) >= 11 is 0. The van der Waals surface area contributed by atoms with E-state index in [0.29, 0.717) is 5.56 Å². The van der Waals surface area contributed by atoms with Crippen LogP contribution in [0.4, 0.5) is 0 Å². The standard InChI is InChI=1S/C14H12N2O4/c1-9(17)20-14-12(18-2)5-10(6-13(14)19-3)4-11(7-15)8-16/h4-6H,1-3H3. The van der Waals surface area contributed by atoms with Gasteiger partial charge >= 0.3 is 5.97 Å². The number of hydrogen-bond acceptors (Lipinski definition) is 6. The number of esters is 1. The van der Waals surface area contributed by atoms with Gasteiger partial charge in [0.25, 0.3) is 0 Å². The highest BCUT2D eigenvalue weighted by Crippen LogP contribution is 2.39. The number of nitrogens with zero attached hydrogens (tertiary/aromatic N) is 2. The van der Waals surface area contributed by atoms with Gasteiger partial charge in [-0.1, -0.05) is 0 Å². The zero-order valence-electron chi connectivity index (χ0n) is 11.3. The van der Waals surface area contributed by atoms with Crippen molar-refractivity contribution in [2.45, 2.75) is 6.92 Å². The maximum Gasteiger partial charge on any atom is 0.308 e. The molecule has 102 valence electrons. The van der Waals surface area contributed by atoms with Crippen LogP contribution in [0.5, 0.6) is 17.2 Å². The third-order valence-corrected chi connectivity index (χ3v) is 2.28. The molecule has 0 unspecified atom stereocenters. The van der Waals surface area contributed by atoms with Crippen LogP contribution in [-0.2, 0) is 4.79 Å². The van der Waals surface area contributed by atoms with Gasteiger partial charge in [0.15, 0.2) is 11.5 Å². The summed E-state index contributed by atoms with van der Waals surface area (Å²) in [4.78, 5) is 11.1. The SMILES string of the molecule is COc1cc(C=C(C#N)C#N)cc(OC)c1OC(C)=O. The van der Waals surface area contributed by atoms with Crippen molar-refractivity contribution in [3.63, 3.8) is 0 Å². The van der Waals surface area contributed by atoms with Crippen LogP contribution in [0.2, 0.25) is 0 Å². The number of hydrogen-bond donors (Lipinski definition) is 0. The normalized spacial score (nSPS) is 8.85. The van der Waals surface area contributed by atoms with Crippen LogP contribution in [0.25, 0.3) is 6.08 Å². The second-order valence-electron chi connectivity index (χ2n) is 3.63. The predicted octanol–water partition coefficient (Wildman–Crippen LogP) is 2.06. The smallest absolute Gasteiger partial charge is 0.308 e. The third-order valence-electron chi connectivity index (χ3n) is 2.28. The summed E-state index contributed by atoms with van der Waals surface area (Å²) < 4.78 is 15.3. The molecule has 0 bridgehead atoms. The van der Waals surface area contributed by atoms with E-state index in [1.54, 1.807) is 12.1 Å². The number of nitriles is 2. The fourth-order valence-electron chi connectivity index (χ4n) is 1.48. The summed E-state index contributed by atoms with van der Waals surface area (Å²) in [5.74, 6) is 0.164. The lowest BCUT2D eigenvalue weighted by Gasteiger charge is -2.13. The van der Waals surface area contributed by atoms with Crippen molar-refractivity contribution in [3.05, 3.63) is 23.3 Å². The van der Waals surface area contributed by atoms with E-state index in [1.165, 1.54) is 39.4 Å². The van der Waals surface area contributed by atoms with E-state index in [9.17, 15) is 4.79 Å². The molecule has 0 heterocycles. The van der Waals surface area contributed by atoms with E-state index in [0.717, 1.165) is 0 Å². The Kier molecular flexibility index (Phi) is 5.13. The molecule has 6 heteroatoms. The van der Waals surface area contributed by atoms with E-state index in [1.807, 2.05) is 0 Å². The number of methoxy groups -OCH3 is 2. The van der Waals surface area contributed by atoms with E-state index < -0.39 is 5.97 Å². The lowest BCUT2D eigenvalue weighted by molar-refractivity contribution is -0.132. The fraction of sp³-hybridized carbons (Fsp3) is 0.214. The Bertz CT molecular complexity index is 595. The molecule has 6 nitrogen and oxygen atoms in total. The van der Waals surface area contributed by atoms with Crippen LogP contribution >= 0.6 is 0 Å². The van der Waals surface area contributed by atoms with Gasteiger partial charge in [0.05, 0.1) is 14.2 Å². The van der Waals surface area contributed by atoms with Gasteiger partial charge in [0, 0.05) is 6.92 Å². The molecule has 1 rings (SSSR count). The third kappa shape index (κ3) is 3.50. The van der Waals surface area contributed by atoms with Crippen LogP contribution in [0.1, 0.15) is 12.5 Å². The number of carbonyl (C=O) groups excluding carboxylic acids is 1. The van der Waals surface area contributed by atoms with Crippen molar-refractivity contribution in [3.8, 4) is 29.4 Å². The predicted molar refractivity (Wildman–Crippen MR) is 70.1 cm³/mol. The molecule has 20 heavy (non-hydrogen) atoms. The molecule has 0 fully saturated rings. The highest BCUT2D eigenvalue weighted by Gasteiger charge is 2.15. The monoisotopic (exact) mass is 272 g/mol. The first-order chi connectivity index (χ1) is 9.55. The number of benzene rings is 1. The van der Waals surface area contributed by atoms with Crippen LogP contribution in [0, 0.1) is 22.7 Å². The maximum absolute atomic E-state index is 11.1. The molecule has 0 amide bonds. The van der Waals surface area contributed by atoms with Gasteiger partial charge in [-0.25, -0.2) is 0 Å². The summed E-state index contributed by atoms with van der Waals surface area (Å²) in [6, 6.07) is 6.58. The molecule has 0 aromatic heterocycles. The van der Waals surface area contributed by atoms with Gasteiger partial charge in [-0.05, 0) is 23.8 Å². The largest absolute Gasteiger partial charge is 0.493 e. The molecule has 0 aliphatic rings. The Labute approximate surface area is 116 Å². The molecular formula is C14H12N2O4. The molecule has 0 aliphatic carbocycles. The summed E-state index contributed by atoms with van der Waals surface area (Å²) in [5, 5.41) is 17.5. The Morgan fingerprint density at radius 1 is 1.15 bits per heavy atom. The highest BCUT2D eigenvalue weighted by molar-refractivity contribution is 5.74. The molecule has 0 saturated carbocycles. The molecule has 1 aromatic carbocycles. The first-order valence-electron chi connectivity index (χ1n) is 5.52. The van der Waals surface area contributed by atoms with Gasteiger partial charge in [-0.15, -0.1) is 0 Å². The highest BCUT2D eigenvalue weighted by atomic mass is 16.6. The Balaban J connectivity index is 3.41. The second kappa shape index (κ2) is 6.81. The summed E-state index contributed by atoms with van der Waals surface area (Å²) in [6.07, 6.45) is 1.38. The van der Waals surface area contributed by atoms with E-state index in [4.69, 9.17) is 24.7 Å². The summed E-state index contributed by atoms with van der Waals surface area (Å²) in [5.41, 5.74) is 0.460. The van der Waals surface area contributed by atoms with Crippen molar-refractivity contribution in [1.82, 2.24) is 0 Å². The van der Waals surface area contributed by atoms with Crippen molar-refractivity contribution >= 4 is 12.0 Å². The second-order valence-corrected chi connectivity index (χ2v) is 3.63. The average Bonchev–Trinajstić information content (AvgIpc) is 2.44. The first kappa shape index (κ1) is 15.1. The number of carbonyl (C=O) groups is 1. The average molecular weight is 272 g/mol. The summed E-state index contributed by atoms with van der Waals surface area (Å²) in [6.45, 7) is 1.26. The summed E-state index contributed by atoms with van der Waals surface area (Å²) in [7, 11) is 2.82. The molecule has 0 aliphatic heterocycles. The molecule has 1 aromatic rings. The van der Waals surface area contributed by atoms with Crippen molar-refractivity contribution in [2.24, 2.45) is 0 Å². The quantitative estimate of drug-likeness (QED) is 0.473. The zero-order chi connectivity index (χ0) is 15.1. The molecule has 0 spiro atoms. The van der Waals surface area contributed by atoms with Gasteiger partial charge in [-0.3, -0.25) is 4.79 Å². The van der Waals surface area contributed by atoms with E-state index in [2.05, 4.69) is 0 Å². The van der Waals surface area contributed by atoms with Gasteiger partial charge < -0.3 is 14.2 Å². The van der Waals surface area contributed by atoms with Crippen LogP contribution in [-0.4, -0.2) is 20.2 Å². The topological polar surface area (TPSA) is 92.3 Å². The van der Waals surface area contributed by atoms with Crippen LogP contribution in [0.3, 0.4) is 0 Å². The van der Waals surface area contributed by atoms with E-state index >= 15 is 0 Å². The first-order valence-corrected chi connectivity index (χ1v) is 5.52. The minimum absolute atomic E-state index is 0.0608. The number of ether oxygens (including phenoxy) is 3. The molecule has 0 saturated heterocycles. The van der Waals surface area contributed by atoms with Crippen molar-refractivity contribution < 1.29 is 19.0 Å². The zero-order valence-corrected chi connectivity index (χ0v) is 11.3. The maximum atomic E-state index is 11.1. The van der Waals surface area contributed by atoms with Gasteiger partial charge in [-0.2, -0.15) is 10.5 Å². The Morgan fingerprint density at radius 2 is 1.65 bits per heavy atom. The minimum Gasteiger partial charge on any atom is -0.493 e. The van der Waals surface area contributed by atoms with Crippen LogP contribution < -0.4 is 14.2 Å². The van der Waals surface area contributed by atoms with Crippen molar-refractivity contribution in [1.29, 1.82) is 10.5 Å². The molecule has 0 atom stereocenters. The van der Waals surface area contributed by atoms with Gasteiger partial charge in [0.1, 0.15) is 17.7 Å². The lowest BCUT2D eigenvalue weighted by Crippen LogP contribution is -2.05. The van der Waals surface area contributed by atoms with Crippen molar-refractivity contribution in [2.75, 3.05) is 14.2 Å². The molecule has 0 N–H and O–H groups in total. The number of allylic oxidation sites excluding steroid dienone is 1. The molecular weight excluding hydrogens is 260 g/mol. The Morgan fingerprint density at radius 3 is 2.00 bits per heavy atom. The number of rotatable bonds is 4. The van der Waals surface area contributed by atoms with E-state index in [-0.39, 0.29) is 22.8 Å². The molecule has 0 radical (unpaired) electrons. The Hall–Kier alpha value is -2.99.